The Bertz CT molecular complexity index is 4020. The van der Waals surface area contributed by atoms with Crippen molar-refractivity contribution >= 4 is 0 Å². The minimum atomic E-state index is -0.736. The van der Waals surface area contributed by atoms with Crippen LogP contribution >= 0.6 is 0 Å². The molecule has 5 aliphatic rings. The van der Waals surface area contributed by atoms with E-state index in [4.69, 9.17) is 0 Å². The van der Waals surface area contributed by atoms with E-state index in [-0.39, 0.29) is 35.8 Å². The van der Waals surface area contributed by atoms with Gasteiger partial charge in [-0.05, 0) is 352 Å². The maximum absolute atomic E-state index is 12.6. The second-order valence-electron chi connectivity index (χ2n) is 35.9. The van der Waals surface area contributed by atoms with Gasteiger partial charge in [0.1, 0.15) is 46.5 Å². The molecule has 0 nitrogen and oxygen atoms in total. The quantitative estimate of drug-likeness (QED) is 0.105. The third kappa shape index (κ3) is 51.6. The molecule has 2 saturated carbocycles. The highest BCUT2D eigenvalue weighted by molar-refractivity contribution is 5.29. The fourth-order valence-corrected chi connectivity index (χ4v) is 12.5. The van der Waals surface area contributed by atoms with Crippen molar-refractivity contribution in [3.63, 3.8) is 0 Å². The number of aryl methyl sites for hydroxylation is 16. The summed E-state index contributed by atoms with van der Waals surface area (Å²) in [5.74, 6) is 3.81. The predicted octanol–water partition coefficient (Wildman–Crippen LogP) is 36.1. The standard InChI is InChI=1S/3C8H8F2.4C8H9F.2C8H16.3C8H14.2C8H10.H2/c2*1-5-3-7(9)6(2)8(10)4-5;1-5-3-4-6(2)8(10)7(5)9;4*1-6-3-4-7(2)8(9)5-6;7*1-7-3-5-8(2)6-4-7;/h3*3-4H,1-2H3;4*3-5H,1-2H3;2*7-8H,3-6H2,1-2H3;2*3,8H,4-6H2,1-2H3;3,5,7-8H,4,6H2,1-2H3;2*3-6H,1-2H3;1H. The van der Waals surface area contributed by atoms with Crippen molar-refractivity contribution in [3.05, 3.63) is 351 Å². The van der Waals surface area contributed by atoms with Gasteiger partial charge in [0.2, 0.25) is 0 Å². The van der Waals surface area contributed by atoms with E-state index in [1.54, 1.807) is 89.1 Å². The van der Waals surface area contributed by atoms with Gasteiger partial charge in [0.15, 0.2) is 11.6 Å². The van der Waals surface area contributed by atoms with E-state index in [0.29, 0.717) is 44.5 Å². The summed E-state index contributed by atoms with van der Waals surface area (Å²) in [6.07, 6.45) is 32.1. The molecule has 14 rings (SSSR count). The van der Waals surface area contributed by atoms with Crippen LogP contribution in [0.2, 0.25) is 0 Å². The zero-order valence-corrected chi connectivity index (χ0v) is 80.0. The van der Waals surface area contributed by atoms with Gasteiger partial charge >= 0.3 is 0 Å². The van der Waals surface area contributed by atoms with Crippen molar-refractivity contribution in [2.24, 2.45) is 47.3 Å². The minimum absolute atomic E-state index is 0. The molecule has 0 radical (unpaired) electrons. The number of hydrogen-bond donors (Lipinski definition) is 0. The molecule has 0 bridgehead atoms. The minimum Gasteiger partial charge on any atom is -0.207 e. The topological polar surface area (TPSA) is 0 Å². The molecule has 0 amide bonds. The Hall–Kier alpha value is -8.50. The number of halogens is 10. The summed E-state index contributed by atoms with van der Waals surface area (Å²) >= 11 is 0. The summed E-state index contributed by atoms with van der Waals surface area (Å²) in [6.45, 7) is 55.3. The summed E-state index contributed by atoms with van der Waals surface area (Å²) in [6, 6.07) is 46.2. The smallest absolute Gasteiger partial charge is 0.161 e. The van der Waals surface area contributed by atoms with Gasteiger partial charge in [0.25, 0.3) is 0 Å². The first kappa shape index (κ1) is 112. The van der Waals surface area contributed by atoms with Crippen LogP contribution in [-0.2, 0) is 0 Å². The van der Waals surface area contributed by atoms with E-state index in [2.05, 4.69) is 170 Å². The number of allylic oxidation sites excluding steroid dienone is 6. The maximum Gasteiger partial charge on any atom is 0.161 e. The Kier molecular flexibility index (Phi) is 55.7. The molecule has 674 valence electrons. The molecule has 122 heavy (non-hydrogen) atoms. The van der Waals surface area contributed by atoms with Gasteiger partial charge in [-0.3, -0.25) is 0 Å². The number of rotatable bonds is 0. The molecule has 0 N–H and O–H groups in total. The lowest BCUT2D eigenvalue weighted by Gasteiger charge is -2.22. The van der Waals surface area contributed by atoms with Crippen molar-refractivity contribution in [3.8, 4) is 0 Å². The fourth-order valence-electron chi connectivity index (χ4n) is 12.5. The molecule has 5 aliphatic carbocycles. The second-order valence-corrected chi connectivity index (χ2v) is 35.9. The highest BCUT2D eigenvalue weighted by Gasteiger charge is 2.15. The van der Waals surface area contributed by atoms with E-state index in [1.807, 2.05) is 52.0 Å². The normalized spacial score (nSPS) is 18.1. The van der Waals surface area contributed by atoms with Crippen LogP contribution in [0, 0.1) is 230 Å². The Morgan fingerprint density at radius 1 is 0.205 bits per heavy atom. The second kappa shape index (κ2) is 60.9. The SMILES string of the molecule is CC1=CCC(C)CC1.CC1=CCC(C)CC1.CC1C=CC(C)CC1.CC1CCC(C)CC1.CC1CCC(C)CC1.Cc1cc(F)c(C)c(F)c1.Cc1cc(F)c(C)c(F)c1.Cc1ccc(C)c(F)c1.Cc1ccc(C)c(F)c1.Cc1ccc(C)c(F)c1.Cc1ccc(C)c(F)c1.Cc1ccc(C)c(F)c1F.Cc1ccc(C)cc1.Cc1ccc(C)cc1.[HH]. The molecule has 0 aliphatic heterocycles. The van der Waals surface area contributed by atoms with Gasteiger partial charge in [0, 0.05) is 12.6 Å². The molecule has 2 fully saturated rings. The lowest BCUT2D eigenvalue weighted by molar-refractivity contribution is 0.308. The molecule has 4 unspecified atom stereocenters. The predicted molar refractivity (Wildman–Crippen MR) is 509 cm³/mol. The Morgan fingerprint density at radius 3 is 0.557 bits per heavy atom. The fraction of sp³-hybridized carbons (Fsp3) is 0.464. The van der Waals surface area contributed by atoms with Gasteiger partial charge < -0.3 is 0 Å². The Labute approximate surface area is 736 Å². The van der Waals surface area contributed by atoms with Crippen LogP contribution in [-0.4, -0.2) is 0 Å². The first-order valence-corrected chi connectivity index (χ1v) is 44.4. The number of hydrogen-bond acceptors (Lipinski definition) is 0. The molecule has 4 atom stereocenters. The van der Waals surface area contributed by atoms with Crippen molar-refractivity contribution < 1.29 is 45.3 Å². The number of benzene rings is 9. The van der Waals surface area contributed by atoms with Crippen LogP contribution < -0.4 is 0 Å². The molecule has 0 aromatic heterocycles. The monoisotopic (exact) mass is 1690 g/mol. The van der Waals surface area contributed by atoms with E-state index >= 15 is 0 Å². The van der Waals surface area contributed by atoms with E-state index < -0.39 is 34.9 Å². The van der Waals surface area contributed by atoms with Gasteiger partial charge in [0.05, 0.1) is 0 Å². The molecule has 0 heterocycles. The zero-order chi connectivity index (χ0) is 92.5. The van der Waals surface area contributed by atoms with Crippen molar-refractivity contribution in [1.82, 2.24) is 0 Å². The molecule has 0 saturated heterocycles. The summed E-state index contributed by atoms with van der Waals surface area (Å²) in [5, 5.41) is 0. The average molecular weight is 1690 g/mol. The lowest BCUT2D eigenvalue weighted by atomic mass is 9.84. The molecule has 10 heteroatoms. The lowest BCUT2D eigenvalue weighted by Crippen LogP contribution is -2.08. The van der Waals surface area contributed by atoms with E-state index in [0.717, 1.165) is 69.6 Å². The molecular formula is C112H156F10. The summed E-state index contributed by atoms with van der Waals surface area (Å²) in [7, 11) is 0. The van der Waals surface area contributed by atoms with Gasteiger partial charge in [-0.25, -0.2) is 43.9 Å². The first-order chi connectivity index (χ1) is 57.2. The highest BCUT2D eigenvalue weighted by Crippen LogP contribution is 2.29. The van der Waals surface area contributed by atoms with E-state index in [9.17, 15) is 43.9 Å². The van der Waals surface area contributed by atoms with Gasteiger partial charge in [-0.15, -0.1) is 0 Å². The molecule has 9 aromatic rings. The Morgan fingerprint density at radius 2 is 0.393 bits per heavy atom. The van der Waals surface area contributed by atoms with Crippen molar-refractivity contribution in [2.45, 2.75) is 297 Å². The van der Waals surface area contributed by atoms with Crippen LogP contribution in [0.4, 0.5) is 43.9 Å². The third-order valence-electron chi connectivity index (χ3n) is 22.3. The van der Waals surface area contributed by atoms with Crippen LogP contribution in [0.3, 0.4) is 0 Å². The summed E-state index contributed by atoms with van der Waals surface area (Å²) < 4.78 is 126. The van der Waals surface area contributed by atoms with Crippen molar-refractivity contribution in [2.75, 3.05) is 0 Å². The zero-order valence-electron chi connectivity index (χ0n) is 80.0. The highest BCUT2D eigenvalue weighted by atomic mass is 19.2. The van der Waals surface area contributed by atoms with E-state index in [1.165, 1.54) is 201 Å². The summed E-state index contributed by atoms with van der Waals surface area (Å²) in [5.41, 5.74) is 17.3. The Balaban J connectivity index is 0.00000130. The summed E-state index contributed by atoms with van der Waals surface area (Å²) in [4.78, 5) is 0. The molecular weight excluding hydrogens is 1540 g/mol. The van der Waals surface area contributed by atoms with Crippen LogP contribution in [0.15, 0.2) is 193 Å². The van der Waals surface area contributed by atoms with Crippen molar-refractivity contribution in [1.29, 1.82) is 0 Å². The van der Waals surface area contributed by atoms with Crippen LogP contribution in [0.1, 0.15) is 274 Å². The largest absolute Gasteiger partial charge is 0.207 e. The third-order valence-corrected chi connectivity index (χ3v) is 22.3. The molecule has 9 aromatic carbocycles. The van der Waals surface area contributed by atoms with Crippen LogP contribution in [0.25, 0.3) is 0 Å². The molecule has 0 spiro atoms. The van der Waals surface area contributed by atoms with Gasteiger partial charge in [-0.2, -0.15) is 0 Å². The van der Waals surface area contributed by atoms with Gasteiger partial charge in [-0.1, -0.05) is 274 Å². The van der Waals surface area contributed by atoms with Crippen LogP contribution in [0.5, 0.6) is 0 Å². The average Bonchev–Trinajstić information content (AvgIpc) is 0.867. The maximum atomic E-state index is 12.6. The first-order valence-electron chi connectivity index (χ1n) is 44.4.